The Bertz CT molecular complexity index is 311. The van der Waals surface area contributed by atoms with E-state index in [9.17, 15) is 9.59 Å². The first-order valence-electron chi connectivity index (χ1n) is 7.66. The second kappa shape index (κ2) is 19.3. The Morgan fingerprint density at radius 2 is 1.00 bits per heavy atom. The number of carboxylic acid groups (broad SMARTS) is 3. The number of nitrogens with two attached hydrogens (primary N) is 4. The van der Waals surface area contributed by atoms with Gasteiger partial charge in [0.25, 0.3) is 5.97 Å². The Kier molecular flexibility index (Phi) is 21.8. The first-order chi connectivity index (χ1) is 11.1. The van der Waals surface area contributed by atoms with Gasteiger partial charge in [-0.25, -0.2) is 0 Å². The van der Waals surface area contributed by atoms with Gasteiger partial charge in [0, 0.05) is 6.92 Å². The van der Waals surface area contributed by atoms with Gasteiger partial charge >= 0.3 is 11.9 Å². The Hall–Kier alpha value is -1.75. The monoisotopic (exact) mass is 352 g/mol. The third kappa shape index (κ3) is 28.4. The fraction of sp³-hybridized carbons (Fsp3) is 0.786. The van der Waals surface area contributed by atoms with Crippen LogP contribution in [0.5, 0.6) is 0 Å². The summed E-state index contributed by atoms with van der Waals surface area (Å²) >= 11 is 0. The van der Waals surface area contributed by atoms with E-state index in [1.807, 2.05) is 0 Å². The van der Waals surface area contributed by atoms with Crippen molar-refractivity contribution >= 4 is 17.9 Å². The average molecular weight is 352 g/mol. The minimum absolute atomic E-state index is 0.520. The number of rotatable bonds is 10. The predicted molar refractivity (Wildman–Crippen MR) is 90.3 cm³/mol. The molecule has 0 aliphatic carbocycles. The van der Waals surface area contributed by atoms with Crippen LogP contribution in [0, 0.1) is 0 Å². The molecular formula is C14H32N4O6. The molecule has 0 radical (unpaired) electrons. The van der Waals surface area contributed by atoms with Crippen LogP contribution in [0.15, 0.2) is 0 Å². The highest BCUT2D eigenvalue weighted by Crippen LogP contribution is 1.97. The van der Waals surface area contributed by atoms with E-state index in [1.165, 1.54) is 0 Å². The SMILES string of the molecule is CC(=O)O.NCCCC[C@H](N)C(=O)O.NCCCC[C@H](N)C(=O)O. The van der Waals surface area contributed by atoms with Gasteiger partial charge in [-0.1, -0.05) is 12.8 Å². The molecule has 10 nitrogen and oxygen atoms in total. The molecule has 0 aromatic rings. The van der Waals surface area contributed by atoms with E-state index >= 15 is 0 Å². The van der Waals surface area contributed by atoms with Crippen LogP contribution in [0.1, 0.15) is 45.4 Å². The van der Waals surface area contributed by atoms with Crippen LogP contribution in [0.25, 0.3) is 0 Å². The van der Waals surface area contributed by atoms with E-state index in [0.29, 0.717) is 25.9 Å². The zero-order chi connectivity index (χ0) is 19.5. The first-order valence-corrected chi connectivity index (χ1v) is 7.66. The van der Waals surface area contributed by atoms with Crippen molar-refractivity contribution in [2.24, 2.45) is 22.9 Å². The molecule has 11 N–H and O–H groups in total. The van der Waals surface area contributed by atoms with E-state index < -0.39 is 30.0 Å². The summed E-state index contributed by atoms with van der Waals surface area (Å²) in [7, 11) is 0. The van der Waals surface area contributed by atoms with Gasteiger partial charge in [0.1, 0.15) is 12.1 Å². The smallest absolute Gasteiger partial charge is 0.320 e. The minimum Gasteiger partial charge on any atom is -0.481 e. The Morgan fingerprint density at radius 3 is 1.17 bits per heavy atom. The van der Waals surface area contributed by atoms with E-state index in [0.717, 1.165) is 32.6 Å². The Morgan fingerprint density at radius 1 is 0.750 bits per heavy atom. The second-order valence-corrected chi connectivity index (χ2v) is 4.98. The van der Waals surface area contributed by atoms with Crippen molar-refractivity contribution in [1.29, 1.82) is 0 Å². The number of hydrogen-bond donors (Lipinski definition) is 7. The van der Waals surface area contributed by atoms with Gasteiger partial charge in [-0.15, -0.1) is 0 Å². The number of hydrogen-bond acceptors (Lipinski definition) is 7. The highest BCUT2D eigenvalue weighted by molar-refractivity contribution is 5.73. The normalized spacial score (nSPS) is 11.9. The molecule has 10 heteroatoms. The van der Waals surface area contributed by atoms with E-state index in [2.05, 4.69) is 0 Å². The van der Waals surface area contributed by atoms with Crippen LogP contribution in [-0.4, -0.2) is 58.4 Å². The van der Waals surface area contributed by atoms with Crippen LogP contribution >= 0.6 is 0 Å². The van der Waals surface area contributed by atoms with Crippen molar-refractivity contribution in [3.63, 3.8) is 0 Å². The quantitative estimate of drug-likeness (QED) is 0.241. The van der Waals surface area contributed by atoms with Gasteiger partial charge in [0.2, 0.25) is 0 Å². The zero-order valence-electron chi connectivity index (χ0n) is 14.2. The van der Waals surface area contributed by atoms with Crippen molar-refractivity contribution in [1.82, 2.24) is 0 Å². The molecule has 0 saturated carbocycles. The van der Waals surface area contributed by atoms with Gasteiger partial charge < -0.3 is 38.3 Å². The van der Waals surface area contributed by atoms with Gasteiger partial charge in [-0.05, 0) is 38.8 Å². The average Bonchev–Trinajstić information content (AvgIpc) is 2.47. The molecule has 0 aromatic heterocycles. The maximum Gasteiger partial charge on any atom is 0.320 e. The second-order valence-electron chi connectivity index (χ2n) is 4.98. The molecule has 144 valence electrons. The highest BCUT2D eigenvalue weighted by atomic mass is 16.4. The minimum atomic E-state index is -0.933. The molecule has 0 rings (SSSR count). The molecule has 0 aliphatic rings. The van der Waals surface area contributed by atoms with Crippen LogP contribution in [0.3, 0.4) is 0 Å². The molecule has 0 amide bonds. The maximum absolute atomic E-state index is 10.1. The van der Waals surface area contributed by atoms with Crippen LogP contribution < -0.4 is 22.9 Å². The molecule has 0 fully saturated rings. The van der Waals surface area contributed by atoms with Crippen molar-refractivity contribution in [3.05, 3.63) is 0 Å². The molecular weight excluding hydrogens is 320 g/mol. The zero-order valence-corrected chi connectivity index (χ0v) is 14.2. The highest BCUT2D eigenvalue weighted by Gasteiger charge is 2.09. The van der Waals surface area contributed by atoms with Crippen molar-refractivity contribution < 1.29 is 29.7 Å². The molecule has 0 spiro atoms. The third-order valence-electron chi connectivity index (χ3n) is 2.57. The number of aliphatic carboxylic acids is 3. The molecule has 0 bridgehead atoms. The van der Waals surface area contributed by atoms with Crippen molar-refractivity contribution in [2.75, 3.05) is 13.1 Å². The summed E-state index contributed by atoms with van der Waals surface area (Å²) < 4.78 is 0. The molecule has 0 aliphatic heterocycles. The standard InChI is InChI=1S/2C6H14N2O2.C2H4O2/c2*7-4-2-1-3-5(8)6(9)10;1-2(3)4/h2*5H,1-4,7-8H2,(H,9,10);1H3,(H,3,4)/t2*5-;/m00./s1. The van der Waals surface area contributed by atoms with E-state index in [4.69, 9.17) is 43.0 Å². The lowest BCUT2D eigenvalue weighted by atomic mass is 10.1. The summed E-state index contributed by atoms with van der Waals surface area (Å²) in [6, 6.07) is -1.43. The summed E-state index contributed by atoms with van der Waals surface area (Å²) in [5.74, 6) is -2.70. The van der Waals surface area contributed by atoms with E-state index in [1.54, 1.807) is 0 Å². The lowest BCUT2D eigenvalue weighted by molar-refractivity contribution is -0.139. The first kappa shape index (κ1) is 27.1. The van der Waals surface area contributed by atoms with Crippen LogP contribution in [0.2, 0.25) is 0 Å². The Labute approximate surface area is 142 Å². The fourth-order valence-corrected chi connectivity index (χ4v) is 1.26. The summed E-state index contributed by atoms with van der Waals surface area (Å²) in [6.07, 6.45) is 4.33. The van der Waals surface area contributed by atoms with Gasteiger partial charge in [0.15, 0.2) is 0 Å². The molecule has 0 heterocycles. The fourth-order valence-electron chi connectivity index (χ4n) is 1.26. The molecule has 0 saturated heterocycles. The van der Waals surface area contributed by atoms with Crippen molar-refractivity contribution in [2.45, 2.75) is 57.5 Å². The Balaban J connectivity index is -0.000000301. The molecule has 2 atom stereocenters. The largest absolute Gasteiger partial charge is 0.481 e. The molecule has 0 aromatic carbocycles. The summed E-state index contributed by atoms with van der Waals surface area (Å²) in [4.78, 5) is 29.3. The van der Waals surface area contributed by atoms with Crippen LogP contribution in [0.4, 0.5) is 0 Å². The van der Waals surface area contributed by atoms with Gasteiger partial charge in [-0.3, -0.25) is 14.4 Å². The summed E-state index contributed by atoms with van der Waals surface area (Å²) in [5, 5.41) is 24.1. The lowest BCUT2D eigenvalue weighted by Crippen LogP contribution is -2.29. The predicted octanol–water partition coefficient (Wildman–Crippen LogP) is -0.854. The summed E-state index contributed by atoms with van der Waals surface area (Å²) in [6.45, 7) is 2.29. The number of carboxylic acids is 3. The van der Waals surface area contributed by atoms with Crippen molar-refractivity contribution in [3.8, 4) is 0 Å². The van der Waals surface area contributed by atoms with Gasteiger partial charge in [0.05, 0.1) is 0 Å². The maximum atomic E-state index is 10.1. The van der Waals surface area contributed by atoms with E-state index in [-0.39, 0.29) is 0 Å². The lowest BCUT2D eigenvalue weighted by Gasteiger charge is -2.03. The summed E-state index contributed by atoms with van der Waals surface area (Å²) in [5.41, 5.74) is 20.8. The molecule has 24 heavy (non-hydrogen) atoms. The third-order valence-corrected chi connectivity index (χ3v) is 2.57. The number of unbranched alkanes of at least 4 members (excludes halogenated alkanes) is 2. The molecule has 0 unspecified atom stereocenters. The number of carbonyl (C=O) groups is 3. The van der Waals surface area contributed by atoms with Gasteiger partial charge in [-0.2, -0.15) is 0 Å². The van der Waals surface area contributed by atoms with Crippen LogP contribution in [-0.2, 0) is 14.4 Å². The topological polar surface area (TPSA) is 216 Å².